The van der Waals surface area contributed by atoms with Crippen molar-refractivity contribution < 1.29 is 9.90 Å². The normalized spacial score (nSPS) is 20.2. The fourth-order valence-corrected chi connectivity index (χ4v) is 3.87. The number of aliphatic carboxylic acids is 1. The maximum Gasteiger partial charge on any atom is 0.320 e. The Hall–Kier alpha value is -2.38. The van der Waals surface area contributed by atoms with E-state index in [1.54, 1.807) is 11.8 Å². The van der Waals surface area contributed by atoms with Crippen LogP contribution in [0, 0.1) is 0 Å². The summed E-state index contributed by atoms with van der Waals surface area (Å²) >= 11 is 1.72. The quantitative estimate of drug-likeness (QED) is 0.765. The zero-order valence-corrected chi connectivity index (χ0v) is 15.6. The van der Waals surface area contributed by atoms with Gasteiger partial charge >= 0.3 is 5.97 Å². The smallest absolute Gasteiger partial charge is 0.320 e. The van der Waals surface area contributed by atoms with Crippen LogP contribution >= 0.6 is 11.8 Å². The van der Waals surface area contributed by atoms with Gasteiger partial charge in [0.2, 0.25) is 0 Å². The van der Waals surface area contributed by atoms with Crippen molar-refractivity contribution in [2.45, 2.75) is 17.8 Å². The van der Waals surface area contributed by atoms with Crippen LogP contribution in [-0.2, 0) is 4.79 Å². The van der Waals surface area contributed by atoms with Gasteiger partial charge in [0.1, 0.15) is 6.04 Å². The molecule has 1 saturated heterocycles. The van der Waals surface area contributed by atoms with Gasteiger partial charge in [-0.05, 0) is 54.1 Å². The van der Waals surface area contributed by atoms with Gasteiger partial charge in [0.05, 0.1) is 16.7 Å². The molecule has 0 amide bonds. The summed E-state index contributed by atoms with van der Waals surface area (Å²) in [5.74, 6) is 0.0416. The van der Waals surface area contributed by atoms with Gasteiger partial charge in [0.15, 0.2) is 0 Å². The summed E-state index contributed by atoms with van der Waals surface area (Å²) in [6, 6.07) is 15.1. The molecule has 26 heavy (non-hydrogen) atoms. The lowest BCUT2D eigenvalue weighted by molar-refractivity contribution is -0.139. The van der Waals surface area contributed by atoms with Crippen molar-refractivity contribution in [1.82, 2.24) is 5.32 Å². The average molecular weight is 370 g/mol. The monoisotopic (exact) mass is 370 g/mol. The molecular formula is C19H22N4O2S. The molecule has 0 radical (unpaired) electrons. The third kappa shape index (κ3) is 4.62. The average Bonchev–Trinajstić information content (AvgIpc) is 2.67. The summed E-state index contributed by atoms with van der Waals surface area (Å²) in [4.78, 5) is 13.2. The highest BCUT2D eigenvalue weighted by Gasteiger charge is 2.27. The van der Waals surface area contributed by atoms with Crippen molar-refractivity contribution in [3.63, 3.8) is 0 Å². The molecule has 1 heterocycles. The fourth-order valence-electron chi connectivity index (χ4n) is 2.65. The number of azo groups is 1. The fraction of sp³-hybridized carbons (Fsp3) is 0.316. The van der Waals surface area contributed by atoms with E-state index in [0.717, 1.165) is 28.4 Å². The molecule has 6 nitrogen and oxygen atoms in total. The molecule has 1 unspecified atom stereocenters. The minimum Gasteiger partial charge on any atom is -0.480 e. The topological polar surface area (TPSA) is 77.3 Å². The number of rotatable bonds is 5. The van der Waals surface area contributed by atoms with Crippen LogP contribution < -0.4 is 10.2 Å². The summed E-state index contributed by atoms with van der Waals surface area (Å²) in [7, 11) is 3.99. The third-order valence-corrected chi connectivity index (χ3v) is 5.40. The Kier molecular flexibility index (Phi) is 5.90. The molecule has 0 aliphatic carbocycles. The number of carboxylic acid groups (broad SMARTS) is 1. The highest BCUT2D eigenvalue weighted by atomic mass is 32.2. The summed E-state index contributed by atoms with van der Waals surface area (Å²) in [6.07, 6.45) is 0.648. The minimum atomic E-state index is -0.791. The molecule has 2 N–H and O–H groups in total. The Labute approximate surface area is 157 Å². The number of nitrogens with one attached hydrogen (secondary N) is 1. The Morgan fingerprint density at radius 3 is 2.19 bits per heavy atom. The molecule has 1 fully saturated rings. The molecule has 0 spiro atoms. The van der Waals surface area contributed by atoms with Crippen molar-refractivity contribution in [3.05, 3.63) is 54.1 Å². The van der Waals surface area contributed by atoms with E-state index >= 15 is 0 Å². The number of hydrogen-bond donors (Lipinski definition) is 2. The van der Waals surface area contributed by atoms with Crippen LogP contribution in [0.2, 0.25) is 0 Å². The second kappa shape index (κ2) is 8.33. The number of carbonyl (C=O) groups is 1. The van der Waals surface area contributed by atoms with E-state index in [2.05, 4.69) is 15.5 Å². The van der Waals surface area contributed by atoms with Crippen molar-refractivity contribution in [3.8, 4) is 0 Å². The molecule has 0 aromatic heterocycles. The van der Waals surface area contributed by atoms with E-state index in [1.165, 1.54) is 0 Å². The largest absolute Gasteiger partial charge is 0.480 e. The molecule has 3 rings (SSSR count). The highest BCUT2D eigenvalue weighted by molar-refractivity contribution is 7.99. The Morgan fingerprint density at radius 1 is 1.08 bits per heavy atom. The van der Waals surface area contributed by atoms with Crippen LogP contribution in [0.5, 0.6) is 0 Å². The summed E-state index contributed by atoms with van der Waals surface area (Å²) in [5.41, 5.74) is 3.73. The van der Waals surface area contributed by atoms with E-state index in [0.29, 0.717) is 6.42 Å². The summed E-state index contributed by atoms with van der Waals surface area (Å²) in [6.45, 7) is 0. The molecule has 2 aromatic carbocycles. The molecule has 136 valence electrons. The van der Waals surface area contributed by atoms with Gasteiger partial charge in [0.25, 0.3) is 0 Å². The van der Waals surface area contributed by atoms with Crippen LogP contribution in [0.15, 0.2) is 58.8 Å². The lowest BCUT2D eigenvalue weighted by Crippen LogP contribution is -2.41. The summed E-state index contributed by atoms with van der Waals surface area (Å²) in [5, 5.41) is 20.9. The lowest BCUT2D eigenvalue weighted by atomic mass is 10.1. The Morgan fingerprint density at radius 2 is 1.65 bits per heavy atom. The number of thioether (sulfide) groups is 1. The van der Waals surface area contributed by atoms with E-state index in [9.17, 15) is 9.90 Å². The maximum atomic E-state index is 11.2. The zero-order chi connectivity index (χ0) is 18.5. The van der Waals surface area contributed by atoms with Crippen molar-refractivity contribution in [2.75, 3.05) is 24.7 Å². The number of anilines is 1. The Bertz CT molecular complexity index is 775. The second-order valence-corrected chi connectivity index (χ2v) is 7.51. The molecule has 2 atom stereocenters. The van der Waals surface area contributed by atoms with Gasteiger partial charge in [-0.15, -0.1) is 11.8 Å². The number of nitrogens with zero attached hydrogens (tertiary/aromatic N) is 3. The number of benzene rings is 2. The predicted octanol–water partition coefficient (Wildman–Crippen LogP) is 4.35. The van der Waals surface area contributed by atoms with E-state index in [4.69, 9.17) is 0 Å². The van der Waals surface area contributed by atoms with Crippen LogP contribution in [0.25, 0.3) is 0 Å². The maximum absolute atomic E-state index is 11.2. The third-order valence-electron chi connectivity index (χ3n) is 4.18. The van der Waals surface area contributed by atoms with Gasteiger partial charge in [-0.3, -0.25) is 10.1 Å². The number of carboxylic acids is 1. The number of hydrogen-bond acceptors (Lipinski definition) is 6. The first kappa shape index (κ1) is 18.4. The lowest BCUT2D eigenvalue weighted by Gasteiger charge is -2.28. The summed E-state index contributed by atoms with van der Waals surface area (Å²) < 4.78 is 0. The van der Waals surface area contributed by atoms with Gasteiger partial charge in [0, 0.05) is 19.8 Å². The SMILES string of the molecule is CN(C)c1ccc(N=Nc2ccc(C3N[C@H](C(=O)O)CCS3)cc2)cc1. The zero-order valence-electron chi connectivity index (χ0n) is 14.8. The predicted molar refractivity (Wildman–Crippen MR) is 106 cm³/mol. The van der Waals surface area contributed by atoms with Crippen LogP contribution in [0.1, 0.15) is 17.4 Å². The van der Waals surface area contributed by atoms with Gasteiger partial charge in [-0.25, -0.2) is 0 Å². The Balaban J connectivity index is 1.64. The van der Waals surface area contributed by atoms with E-state index < -0.39 is 12.0 Å². The first-order valence-corrected chi connectivity index (χ1v) is 9.47. The van der Waals surface area contributed by atoms with Crippen LogP contribution in [0.3, 0.4) is 0 Å². The van der Waals surface area contributed by atoms with E-state index in [-0.39, 0.29) is 5.37 Å². The van der Waals surface area contributed by atoms with Crippen molar-refractivity contribution in [1.29, 1.82) is 0 Å². The molecule has 1 aliphatic rings. The second-order valence-electron chi connectivity index (χ2n) is 6.30. The first-order valence-electron chi connectivity index (χ1n) is 8.42. The van der Waals surface area contributed by atoms with E-state index in [1.807, 2.05) is 67.5 Å². The minimum absolute atomic E-state index is 0.00517. The van der Waals surface area contributed by atoms with Gasteiger partial charge in [-0.2, -0.15) is 10.2 Å². The molecule has 1 aliphatic heterocycles. The molecular weight excluding hydrogens is 348 g/mol. The van der Waals surface area contributed by atoms with Crippen molar-refractivity contribution in [2.24, 2.45) is 10.2 Å². The molecule has 0 bridgehead atoms. The molecule has 2 aromatic rings. The van der Waals surface area contributed by atoms with Gasteiger partial charge in [-0.1, -0.05) is 12.1 Å². The standard InChI is InChI=1S/C19H22N4O2S/c1-23(2)16-9-7-15(8-10-16)22-21-14-5-3-13(4-6-14)18-20-17(19(24)25)11-12-26-18/h3-10,17-18,20H,11-12H2,1-2H3,(H,24,25)/t17-,18?/m0/s1. The first-order chi connectivity index (χ1) is 12.5. The highest BCUT2D eigenvalue weighted by Crippen LogP contribution is 2.32. The molecule has 0 saturated carbocycles. The van der Waals surface area contributed by atoms with Gasteiger partial charge < -0.3 is 10.0 Å². The molecule has 7 heteroatoms. The van der Waals surface area contributed by atoms with Crippen LogP contribution in [-0.4, -0.2) is 37.0 Å². The van der Waals surface area contributed by atoms with Crippen molar-refractivity contribution >= 4 is 34.8 Å². The van der Waals surface area contributed by atoms with Crippen LogP contribution in [0.4, 0.5) is 17.1 Å².